The number of benzene rings is 3. The normalized spacial score (nSPS) is 18.3. The highest BCUT2D eigenvalue weighted by molar-refractivity contribution is 6.99. The molecule has 0 amide bonds. The number of rotatable bonds is 7. The van der Waals surface area contributed by atoms with Crippen LogP contribution in [0, 0.1) is 5.82 Å². The zero-order valence-electron chi connectivity index (χ0n) is 23.5. The van der Waals surface area contributed by atoms with Gasteiger partial charge in [-0.1, -0.05) is 86.6 Å². The predicted octanol–water partition coefficient (Wildman–Crippen LogP) is 5.36. The number of morpholine rings is 1. The average Bonchev–Trinajstić information content (AvgIpc) is 3.34. The van der Waals surface area contributed by atoms with Crippen LogP contribution in [0.2, 0.25) is 5.04 Å². The van der Waals surface area contributed by atoms with Crippen molar-refractivity contribution in [1.82, 2.24) is 5.16 Å². The third kappa shape index (κ3) is 4.93. The van der Waals surface area contributed by atoms with Crippen molar-refractivity contribution >= 4 is 41.3 Å². The predicted molar refractivity (Wildman–Crippen MR) is 156 cm³/mol. The topological polar surface area (TPSA) is 85.0 Å². The summed E-state index contributed by atoms with van der Waals surface area (Å²) in [6.45, 7) is 11.5. The smallest absolute Gasteiger partial charge is 0.358 e. The maximum Gasteiger partial charge on any atom is 0.358 e. The van der Waals surface area contributed by atoms with Crippen molar-refractivity contribution in [1.29, 1.82) is 0 Å². The summed E-state index contributed by atoms with van der Waals surface area (Å²) in [4.78, 5) is 13.8. The van der Waals surface area contributed by atoms with Crippen LogP contribution in [-0.2, 0) is 15.8 Å². The highest BCUT2D eigenvalue weighted by Gasteiger charge is 2.50. The Morgan fingerprint density at radius 1 is 1.05 bits per heavy atom. The van der Waals surface area contributed by atoms with Crippen molar-refractivity contribution in [2.75, 3.05) is 18.0 Å². The van der Waals surface area contributed by atoms with E-state index in [1.165, 1.54) is 0 Å². The van der Waals surface area contributed by atoms with Crippen molar-refractivity contribution in [3.8, 4) is 0 Å². The molecule has 1 aliphatic heterocycles. The first-order valence-corrected chi connectivity index (χ1v) is 15.4. The summed E-state index contributed by atoms with van der Waals surface area (Å²) >= 11 is 0. The molecule has 1 aromatic heterocycles. The molecule has 210 valence electrons. The lowest BCUT2D eigenvalue weighted by Crippen LogP contribution is -2.66. The fourth-order valence-corrected chi connectivity index (χ4v) is 10.5. The summed E-state index contributed by atoms with van der Waals surface area (Å²) in [7, 11) is -2.96. The molecule has 40 heavy (non-hydrogen) atoms. The second-order valence-electron chi connectivity index (χ2n) is 11.5. The van der Waals surface area contributed by atoms with Crippen molar-refractivity contribution in [3.63, 3.8) is 0 Å². The third-order valence-corrected chi connectivity index (χ3v) is 12.5. The Morgan fingerprint density at radius 2 is 1.60 bits per heavy atom. The van der Waals surface area contributed by atoms with Crippen LogP contribution in [-0.4, -0.2) is 49.8 Å². The van der Waals surface area contributed by atoms with Gasteiger partial charge in [-0.15, -0.1) is 0 Å². The molecule has 0 bridgehead atoms. The maximum absolute atomic E-state index is 16.3. The van der Waals surface area contributed by atoms with Gasteiger partial charge in [0, 0.05) is 18.7 Å². The third-order valence-electron chi connectivity index (χ3n) is 7.56. The Balaban J connectivity index is 1.69. The minimum atomic E-state index is -2.96. The molecule has 2 atom stereocenters. The molecular formula is C31H35FN2O5Si. The first-order valence-electron chi connectivity index (χ1n) is 13.5. The van der Waals surface area contributed by atoms with Crippen LogP contribution in [0.5, 0.6) is 0 Å². The number of fused-ring (bicyclic) bond motifs is 1. The quantitative estimate of drug-likeness (QED) is 0.304. The Bertz CT molecular complexity index is 1450. The van der Waals surface area contributed by atoms with Crippen LogP contribution in [0.4, 0.5) is 10.1 Å². The van der Waals surface area contributed by atoms with E-state index in [0.29, 0.717) is 24.3 Å². The van der Waals surface area contributed by atoms with Gasteiger partial charge >= 0.3 is 5.97 Å². The van der Waals surface area contributed by atoms with Gasteiger partial charge in [0.2, 0.25) is 5.58 Å². The number of aromatic carboxylic acids is 1. The van der Waals surface area contributed by atoms with Crippen molar-refractivity contribution in [2.24, 2.45) is 0 Å². The molecule has 0 spiro atoms. The number of hydrogen-bond acceptors (Lipinski definition) is 6. The summed E-state index contributed by atoms with van der Waals surface area (Å²) in [5.41, 5.74) is 0.384. The number of carboxylic acids is 1. The van der Waals surface area contributed by atoms with Gasteiger partial charge in [0.25, 0.3) is 8.32 Å². The Morgan fingerprint density at radius 3 is 2.10 bits per heavy atom. The van der Waals surface area contributed by atoms with Crippen LogP contribution >= 0.6 is 0 Å². The molecule has 5 rings (SSSR count). The second-order valence-corrected chi connectivity index (χ2v) is 15.8. The van der Waals surface area contributed by atoms with Gasteiger partial charge < -0.3 is 23.7 Å². The molecule has 1 saturated heterocycles. The van der Waals surface area contributed by atoms with Gasteiger partial charge in [-0.3, -0.25) is 0 Å². The molecule has 0 aliphatic carbocycles. The molecule has 4 aromatic rings. The fourth-order valence-electron chi connectivity index (χ4n) is 5.99. The van der Waals surface area contributed by atoms with E-state index in [4.69, 9.17) is 13.7 Å². The van der Waals surface area contributed by atoms with Gasteiger partial charge in [-0.2, -0.15) is 0 Å². The minimum absolute atomic E-state index is 0.0693. The molecule has 0 radical (unpaired) electrons. The maximum atomic E-state index is 16.3. The van der Waals surface area contributed by atoms with Gasteiger partial charge in [-0.05, 0) is 35.3 Å². The van der Waals surface area contributed by atoms with E-state index in [-0.39, 0.29) is 40.5 Å². The lowest BCUT2D eigenvalue weighted by molar-refractivity contribution is -0.00549. The molecule has 7 nitrogen and oxygen atoms in total. The summed E-state index contributed by atoms with van der Waals surface area (Å²) < 4.78 is 34.6. The SMILES string of the molecule is C[C@@H]1CN(c2c(CO[Si](c3ccccc3)(c3ccccc3)C(C)(C)C)cc3c(C(=O)O)noc3c2F)C[C@@H](C)O1. The van der Waals surface area contributed by atoms with Gasteiger partial charge in [-0.25, -0.2) is 9.18 Å². The van der Waals surface area contributed by atoms with E-state index in [0.717, 1.165) is 10.4 Å². The zero-order valence-corrected chi connectivity index (χ0v) is 24.5. The molecule has 1 aliphatic rings. The van der Waals surface area contributed by atoms with Crippen molar-refractivity contribution < 1.29 is 28.0 Å². The Labute approximate surface area is 234 Å². The summed E-state index contributed by atoms with van der Waals surface area (Å²) in [6, 6.07) is 22.1. The number of halogens is 1. The molecule has 0 saturated carbocycles. The van der Waals surface area contributed by atoms with Crippen LogP contribution in [0.3, 0.4) is 0 Å². The van der Waals surface area contributed by atoms with E-state index in [1.807, 2.05) is 55.1 Å². The number of hydrogen-bond donors (Lipinski definition) is 1. The zero-order chi connectivity index (χ0) is 28.7. The molecular weight excluding hydrogens is 527 g/mol. The average molecular weight is 563 g/mol. The molecule has 3 aromatic carbocycles. The van der Waals surface area contributed by atoms with E-state index in [2.05, 4.69) is 50.2 Å². The highest BCUT2D eigenvalue weighted by atomic mass is 28.4. The van der Waals surface area contributed by atoms with Crippen LogP contribution < -0.4 is 15.3 Å². The number of anilines is 1. The summed E-state index contributed by atoms with van der Waals surface area (Å²) in [5, 5.41) is 15.4. The number of ether oxygens (including phenoxy) is 1. The number of aromatic nitrogens is 1. The molecule has 9 heteroatoms. The molecule has 0 unspecified atom stereocenters. The largest absolute Gasteiger partial charge is 0.476 e. The van der Waals surface area contributed by atoms with Gasteiger partial charge in [0.05, 0.1) is 29.9 Å². The van der Waals surface area contributed by atoms with E-state index >= 15 is 4.39 Å². The van der Waals surface area contributed by atoms with E-state index in [9.17, 15) is 9.90 Å². The number of nitrogens with zero attached hydrogens (tertiary/aromatic N) is 2. The molecule has 2 heterocycles. The second kappa shape index (κ2) is 10.8. The highest BCUT2D eigenvalue weighted by Crippen LogP contribution is 2.40. The van der Waals surface area contributed by atoms with Gasteiger partial charge in [0.15, 0.2) is 11.5 Å². The standard InChI is InChI=1S/C31H35FN2O5Si/c1-20-17-34(18-21(2)38-20)28-22(16-25-27(30(35)36)33-39-29(25)26(28)32)19-37-40(31(3,4)5,23-12-8-6-9-13-23)24-14-10-7-11-15-24/h6-16,20-21H,17-19H2,1-5H3,(H,35,36)/t20-,21-/m1/s1. The van der Waals surface area contributed by atoms with Crippen LogP contribution in [0.1, 0.15) is 50.7 Å². The minimum Gasteiger partial charge on any atom is -0.476 e. The van der Waals surface area contributed by atoms with E-state index in [1.54, 1.807) is 6.07 Å². The Kier molecular flexibility index (Phi) is 7.56. The van der Waals surface area contributed by atoms with Crippen molar-refractivity contribution in [2.45, 2.75) is 58.5 Å². The van der Waals surface area contributed by atoms with Gasteiger partial charge in [0.1, 0.15) is 0 Å². The lowest BCUT2D eigenvalue weighted by Gasteiger charge is -2.43. The van der Waals surface area contributed by atoms with E-state index < -0.39 is 20.1 Å². The monoisotopic (exact) mass is 562 g/mol. The molecule has 1 N–H and O–H groups in total. The van der Waals surface area contributed by atoms with Crippen molar-refractivity contribution in [3.05, 3.63) is 83.8 Å². The number of carboxylic acid groups (broad SMARTS) is 1. The first-order chi connectivity index (χ1) is 19.0. The van der Waals surface area contributed by atoms with Crippen LogP contribution in [0.25, 0.3) is 11.0 Å². The lowest BCUT2D eigenvalue weighted by atomic mass is 10.1. The van der Waals surface area contributed by atoms with Crippen LogP contribution in [0.15, 0.2) is 71.3 Å². The Hall–Kier alpha value is -3.53. The number of carbonyl (C=O) groups is 1. The summed E-state index contributed by atoms with van der Waals surface area (Å²) in [6.07, 6.45) is -0.234. The first kappa shape index (κ1) is 28.0. The molecule has 1 fully saturated rings. The fraction of sp³-hybridized carbons (Fsp3) is 0.355. The summed E-state index contributed by atoms with van der Waals surface area (Å²) in [5.74, 6) is -1.92.